The number of hydrogen-bond donors (Lipinski definition) is 1. The van der Waals surface area contributed by atoms with Crippen LogP contribution in [0.1, 0.15) is 23.0 Å². The molecule has 10 nitrogen and oxygen atoms in total. The van der Waals surface area contributed by atoms with Gasteiger partial charge in [0.1, 0.15) is 5.69 Å². The van der Waals surface area contributed by atoms with Crippen LogP contribution in [-0.4, -0.2) is 42.8 Å². The molecule has 0 saturated heterocycles. The van der Waals surface area contributed by atoms with Crippen molar-refractivity contribution in [2.75, 3.05) is 16.7 Å². The number of nitrogens with zero attached hydrogens (tertiary/aromatic N) is 3. The highest BCUT2D eigenvalue weighted by molar-refractivity contribution is 7.92. The highest BCUT2D eigenvalue weighted by Gasteiger charge is 2.25. The summed E-state index contributed by atoms with van der Waals surface area (Å²) in [4.78, 5) is 38.5. The minimum Gasteiger partial charge on any atom is -0.449 e. The predicted molar refractivity (Wildman–Crippen MR) is 148 cm³/mol. The number of sulfonamides is 1. The lowest BCUT2D eigenvalue weighted by Gasteiger charge is -2.19. The first-order chi connectivity index (χ1) is 18.5. The molecule has 1 amide bonds. The lowest BCUT2D eigenvalue weighted by molar-refractivity contribution is -0.123. The van der Waals surface area contributed by atoms with Crippen molar-refractivity contribution in [2.24, 2.45) is 7.05 Å². The third-order valence-corrected chi connectivity index (χ3v) is 8.12. The van der Waals surface area contributed by atoms with E-state index in [4.69, 9.17) is 4.74 Å². The van der Waals surface area contributed by atoms with Crippen LogP contribution in [-0.2, 0) is 26.6 Å². The van der Waals surface area contributed by atoms with Gasteiger partial charge in [-0.05, 0) is 62.4 Å². The average Bonchev–Trinajstić information content (AvgIpc) is 3.16. The molecule has 0 aliphatic carbocycles. The van der Waals surface area contributed by atoms with E-state index in [-0.39, 0.29) is 16.1 Å². The molecule has 1 N–H and O–H groups in total. The number of esters is 1. The van der Waals surface area contributed by atoms with Gasteiger partial charge in [-0.3, -0.25) is 18.6 Å². The molecule has 1 aromatic heterocycles. The maximum Gasteiger partial charge on any atom is 0.338 e. The molecule has 202 valence electrons. The van der Waals surface area contributed by atoms with Crippen molar-refractivity contribution >= 4 is 33.3 Å². The van der Waals surface area contributed by atoms with Crippen molar-refractivity contribution in [1.29, 1.82) is 0 Å². The van der Waals surface area contributed by atoms with Crippen LogP contribution < -0.4 is 15.2 Å². The Kier molecular flexibility index (Phi) is 7.73. The second-order valence-corrected chi connectivity index (χ2v) is 10.8. The van der Waals surface area contributed by atoms with Gasteiger partial charge in [-0.15, -0.1) is 0 Å². The van der Waals surface area contributed by atoms with Crippen LogP contribution in [0.2, 0.25) is 0 Å². The van der Waals surface area contributed by atoms with E-state index < -0.39 is 33.6 Å². The summed E-state index contributed by atoms with van der Waals surface area (Å²) in [6.07, 6.45) is -1.23. The summed E-state index contributed by atoms with van der Waals surface area (Å²) in [5, 5.41) is 2.57. The molecule has 1 unspecified atom stereocenters. The molecule has 3 aromatic carbocycles. The van der Waals surface area contributed by atoms with Crippen molar-refractivity contribution in [1.82, 2.24) is 9.36 Å². The molecule has 0 bridgehead atoms. The van der Waals surface area contributed by atoms with Crippen molar-refractivity contribution in [3.8, 4) is 5.69 Å². The molecular formula is C28H28N4O6S. The maximum absolute atomic E-state index is 13.0. The molecule has 1 atom stereocenters. The number of ether oxygens (including phenoxy) is 1. The molecule has 4 aromatic rings. The van der Waals surface area contributed by atoms with E-state index >= 15 is 0 Å². The smallest absolute Gasteiger partial charge is 0.338 e. The lowest BCUT2D eigenvalue weighted by atomic mass is 10.2. The minimum absolute atomic E-state index is 0.00885. The van der Waals surface area contributed by atoms with Gasteiger partial charge in [0.15, 0.2) is 6.10 Å². The summed E-state index contributed by atoms with van der Waals surface area (Å²) in [5.74, 6) is -1.50. The lowest BCUT2D eigenvalue weighted by Crippen LogP contribution is -2.32. The average molecular weight is 549 g/mol. The predicted octanol–water partition coefficient (Wildman–Crippen LogP) is 3.49. The molecule has 0 aliphatic heterocycles. The maximum atomic E-state index is 13.0. The summed E-state index contributed by atoms with van der Waals surface area (Å²) in [7, 11) is -0.713. The van der Waals surface area contributed by atoms with Crippen LogP contribution in [0.4, 0.5) is 11.4 Å². The van der Waals surface area contributed by atoms with E-state index in [0.29, 0.717) is 17.1 Å². The molecule has 0 radical (unpaired) electrons. The number of para-hydroxylation sites is 2. The van der Waals surface area contributed by atoms with Gasteiger partial charge < -0.3 is 10.1 Å². The van der Waals surface area contributed by atoms with E-state index in [0.717, 1.165) is 4.31 Å². The van der Waals surface area contributed by atoms with Crippen LogP contribution in [0.15, 0.2) is 94.6 Å². The topological polar surface area (TPSA) is 120 Å². The van der Waals surface area contributed by atoms with Crippen LogP contribution in [0, 0.1) is 6.92 Å². The van der Waals surface area contributed by atoms with Crippen LogP contribution in [0.5, 0.6) is 0 Å². The molecule has 0 aliphatic rings. The Labute approximate surface area is 226 Å². The first kappa shape index (κ1) is 27.4. The summed E-state index contributed by atoms with van der Waals surface area (Å²) >= 11 is 0. The molecule has 11 heteroatoms. The zero-order valence-corrected chi connectivity index (χ0v) is 22.7. The normalized spacial score (nSPS) is 12.0. The molecule has 4 rings (SSSR count). The number of amides is 1. The third-order valence-electron chi connectivity index (χ3n) is 6.32. The molecule has 0 spiro atoms. The summed E-state index contributed by atoms with van der Waals surface area (Å²) < 4.78 is 35.4. The highest BCUT2D eigenvalue weighted by Crippen LogP contribution is 2.22. The fourth-order valence-corrected chi connectivity index (χ4v) is 5.11. The van der Waals surface area contributed by atoms with Gasteiger partial charge in [-0.25, -0.2) is 17.9 Å². The molecule has 0 fully saturated rings. The Morgan fingerprint density at radius 1 is 0.923 bits per heavy atom. The van der Waals surface area contributed by atoms with Gasteiger partial charge in [-0.1, -0.05) is 36.4 Å². The van der Waals surface area contributed by atoms with Crippen molar-refractivity contribution in [2.45, 2.75) is 24.8 Å². The molecule has 39 heavy (non-hydrogen) atoms. The fraction of sp³-hybridized carbons (Fsp3) is 0.179. The van der Waals surface area contributed by atoms with E-state index in [2.05, 4.69) is 5.32 Å². The zero-order chi connectivity index (χ0) is 28.3. The number of aromatic nitrogens is 2. The number of benzene rings is 3. The van der Waals surface area contributed by atoms with Gasteiger partial charge in [-0.2, -0.15) is 0 Å². The van der Waals surface area contributed by atoms with Gasteiger partial charge in [0, 0.05) is 14.1 Å². The number of rotatable bonds is 8. The second kappa shape index (κ2) is 11.0. The monoisotopic (exact) mass is 548 g/mol. The number of carbonyl (C=O) groups is 2. The summed E-state index contributed by atoms with van der Waals surface area (Å²) in [6.45, 7) is 3.08. The quantitative estimate of drug-likeness (QED) is 0.337. The zero-order valence-electron chi connectivity index (χ0n) is 21.9. The Balaban J connectivity index is 1.45. The minimum atomic E-state index is -3.85. The number of nitrogens with one attached hydrogen (secondary N) is 1. The fourth-order valence-electron chi connectivity index (χ4n) is 3.92. The Bertz CT molecular complexity index is 1660. The van der Waals surface area contributed by atoms with E-state index in [1.165, 1.54) is 42.9 Å². The van der Waals surface area contributed by atoms with Crippen molar-refractivity contribution in [3.63, 3.8) is 0 Å². The van der Waals surface area contributed by atoms with E-state index in [9.17, 15) is 22.8 Å². The standard InChI is InChI=1S/C28H28N4O6S/c1-19-25(27(34)32(30(19)3)23-13-9-6-10-14-23)29-26(33)20(2)38-28(35)21-15-17-24(18-16-21)39(36,37)31(4)22-11-7-5-8-12-22/h5-18,20H,1-4H3,(H,29,33). The first-order valence-electron chi connectivity index (χ1n) is 12.0. The van der Waals surface area contributed by atoms with Gasteiger partial charge in [0.25, 0.3) is 21.5 Å². The van der Waals surface area contributed by atoms with E-state index in [1.807, 2.05) is 6.07 Å². The highest BCUT2D eigenvalue weighted by atomic mass is 32.2. The van der Waals surface area contributed by atoms with Crippen molar-refractivity contribution in [3.05, 3.63) is 107 Å². The largest absolute Gasteiger partial charge is 0.449 e. The van der Waals surface area contributed by atoms with Gasteiger partial charge in [0.05, 0.1) is 27.5 Å². The summed E-state index contributed by atoms with van der Waals surface area (Å²) in [5.41, 5.74) is 1.36. The molecular weight excluding hydrogens is 520 g/mol. The Hall–Kier alpha value is -4.64. The number of hydrogen-bond acceptors (Lipinski definition) is 6. The van der Waals surface area contributed by atoms with Gasteiger partial charge in [0.2, 0.25) is 0 Å². The Morgan fingerprint density at radius 3 is 2.08 bits per heavy atom. The number of carbonyl (C=O) groups excluding carboxylic acids is 2. The molecule has 1 heterocycles. The number of anilines is 2. The second-order valence-electron chi connectivity index (χ2n) is 8.81. The van der Waals surface area contributed by atoms with Crippen molar-refractivity contribution < 1.29 is 22.7 Å². The van der Waals surface area contributed by atoms with Crippen LogP contribution in [0.3, 0.4) is 0 Å². The third kappa shape index (κ3) is 5.48. The SMILES string of the molecule is Cc1c(NC(=O)C(C)OC(=O)c2ccc(S(=O)(=O)N(C)c3ccccc3)cc2)c(=O)n(-c2ccccc2)n1C. The van der Waals surface area contributed by atoms with Crippen LogP contribution in [0.25, 0.3) is 5.69 Å². The molecule has 0 saturated carbocycles. The van der Waals surface area contributed by atoms with Gasteiger partial charge >= 0.3 is 5.97 Å². The Morgan fingerprint density at radius 2 is 1.49 bits per heavy atom. The van der Waals surface area contributed by atoms with Crippen LogP contribution >= 0.6 is 0 Å². The summed E-state index contributed by atoms with van der Waals surface area (Å²) in [6, 6.07) is 22.8. The first-order valence-corrected chi connectivity index (χ1v) is 13.5. The van der Waals surface area contributed by atoms with E-state index in [1.54, 1.807) is 73.3 Å².